The van der Waals surface area contributed by atoms with Crippen LogP contribution in [0.1, 0.15) is 42.5 Å². The van der Waals surface area contributed by atoms with E-state index < -0.39 is 36.0 Å². The van der Waals surface area contributed by atoms with Crippen molar-refractivity contribution < 1.29 is 23.9 Å². The van der Waals surface area contributed by atoms with Gasteiger partial charge >= 0.3 is 12.0 Å². The largest absolute Gasteiger partial charge is 0.452 e. The molecular formula is C16H18N4O5. The highest BCUT2D eigenvalue weighted by Crippen LogP contribution is 2.32. The van der Waals surface area contributed by atoms with Gasteiger partial charge in [0.05, 0.1) is 5.56 Å². The molecule has 2 heterocycles. The Kier molecular flexibility index (Phi) is 4.64. The van der Waals surface area contributed by atoms with Crippen LogP contribution in [-0.2, 0) is 14.3 Å². The number of pyridine rings is 1. The highest BCUT2D eigenvalue weighted by Gasteiger charge is 2.52. The number of nitrogens with one attached hydrogen (secondary N) is 2. The molecule has 0 radical (unpaired) electrons. The van der Waals surface area contributed by atoms with Gasteiger partial charge in [0.1, 0.15) is 5.54 Å². The lowest BCUT2D eigenvalue weighted by Gasteiger charge is -2.30. The molecule has 1 aromatic rings. The number of ether oxygens (including phenoxy) is 1. The molecule has 2 fully saturated rings. The van der Waals surface area contributed by atoms with Gasteiger partial charge in [0.25, 0.3) is 11.8 Å². The van der Waals surface area contributed by atoms with E-state index in [9.17, 15) is 19.2 Å². The minimum absolute atomic E-state index is 0.249. The lowest BCUT2D eigenvalue weighted by atomic mass is 9.82. The van der Waals surface area contributed by atoms with Crippen molar-refractivity contribution in [1.82, 2.24) is 20.7 Å². The summed E-state index contributed by atoms with van der Waals surface area (Å²) in [7, 11) is 0. The van der Waals surface area contributed by atoms with Gasteiger partial charge in [-0.05, 0) is 25.0 Å². The number of carbonyl (C=O) groups excluding carboxylic acids is 4. The first kappa shape index (κ1) is 16.9. The summed E-state index contributed by atoms with van der Waals surface area (Å²) >= 11 is 0. The third kappa shape index (κ3) is 3.44. The third-order valence-electron chi connectivity index (χ3n) is 4.36. The molecule has 1 saturated carbocycles. The van der Waals surface area contributed by atoms with Gasteiger partial charge in [-0.2, -0.15) is 5.01 Å². The Balaban J connectivity index is 1.55. The fourth-order valence-corrected chi connectivity index (χ4v) is 3.08. The van der Waals surface area contributed by atoms with Crippen molar-refractivity contribution in [2.75, 3.05) is 6.61 Å². The third-order valence-corrected chi connectivity index (χ3v) is 4.36. The molecule has 132 valence electrons. The maximum Gasteiger partial charge on any atom is 0.344 e. The Labute approximate surface area is 143 Å². The fourth-order valence-electron chi connectivity index (χ4n) is 3.08. The normalized spacial score (nSPS) is 18.8. The number of aromatic nitrogens is 1. The van der Waals surface area contributed by atoms with Gasteiger partial charge in [-0.15, -0.1) is 0 Å². The Hall–Kier alpha value is -2.97. The Bertz CT molecular complexity index is 700. The summed E-state index contributed by atoms with van der Waals surface area (Å²) in [6.45, 7) is -0.606. The van der Waals surface area contributed by atoms with E-state index in [1.54, 1.807) is 0 Å². The minimum atomic E-state index is -0.920. The maximum atomic E-state index is 12.5. The van der Waals surface area contributed by atoms with E-state index in [2.05, 4.69) is 15.7 Å². The second-order valence-electron chi connectivity index (χ2n) is 6.06. The zero-order valence-corrected chi connectivity index (χ0v) is 13.5. The van der Waals surface area contributed by atoms with Crippen LogP contribution in [0.3, 0.4) is 0 Å². The molecule has 9 heteroatoms. The molecule has 3 rings (SSSR count). The average Bonchev–Trinajstić information content (AvgIpc) is 2.85. The molecule has 1 aromatic heterocycles. The van der Waals surface area contributed by atoms with Crippen molar-refractivity contribution in [2.24, 2.45) is 0 Å². The predicted octanol–water partition coefficient (Wildman–Crippen LogP) is 0.524. The summed E-state index contributed by atoms with van der Waals surface area (Å²) in [5.74, 6) is -1.93. The summed E-state index contributed by atoms with van der Waals surface area (Å²) in [6.07, 6.45) is 6.67. The number of carbonyl (C=O) groups is 4. The standard InChI is InChI=1S/C16H18N4O5/c21-12(10-25-13(22)11-4-8-17-9-5-11)19-20-14(23)16(18-15(20)24)6-2-1-3-7-16/h4-5,8-9H,1-3,6-7,10H2,(H,18,24)(H,19,21). The second kappa shape index (κ2) is 6.88. The van der Waals surface area contributed by atoms with Crippen LogP contribution in [0.25, 0.3) is 0 Å². The quantitative estimate of drug-likeness (QED) is 0.606. The van der Waals surface area contributed by atoms with Crippen LogP contribution < -0.4 is 10.7 Å². The van der Waals surface area contributed by atoms with Crippen LogP contribution in [0.15, 0.2) is 24.5 Å². The maximum absolute atomic E-state index is 12.5. The molecule has 0 aromatic carbocycles. The molecule has 2 N–H and O–H groups in total. The van der Waals surface area contributed by atoms with Gasteiger partial charge in [-0.3, -0.25) is 20.0 Å². The topological polar surface area (TPSA) is 118 Å². The number of nitrogens with zero attached hydrogens (tertiary/aromatic N) is 2. The first-order valence-electron chi connectivity index (χ1n) is 8.05. The molecule has 25 heavy (non-hydrogen) atoms. The number of imide groups is 1. The first-order valence-corrected chi connectivity index (χ1v) is 8.05. The monoisotopic (exact) mass is 346 g/mol. The second-order valence-corrected chi connectivity index (χ2v) is 6.06. The van der Waals surface area contributed by atoms with Crippen LogP contribution in [0.2, 0.25) is 0 Å². The first-order chi connectivity index (χ1) is 12.0. The Morgan fingerprint density at radius 2 is 1.88 bits per heavy atom. The van der Waals surface area contributed by atoms with Crippen molar-refractivity contribution >= 4 is 23.8 Å². The molecule has 0 atom stereocenters. The molecule has 1 aliphatic heterocycles. The number of rotatable bonds is 4. The van der Waals surface area contributed by atoms with E-state index in [-0.39, 0.29) is 5.56 Å². The summed E-state index contributed by atoms with van der Waals surface area (Å²) in [6, 6.07) is 2.23. The smallest absolute Gasteiger partial charge is 0.344 e. The van der Waals surface area contributed by atoms with Crippen LogP contribution >= 0.6 is 0 Å². The van der Waals surface area contributed by atoms with E-state index in [0.717, 1.165) is 19.3 Å². The summed E-state index contributed by atoms with van der Waals surface area (Å²) in [5.41, 5.74) is 1.53. The lowest BCUT2D eigenvalue weighted by Crippen LogP contribution is -2.51. The average molecular weight is 346 g/mol. The molecular weight excluding hydrogens is 328 g/mol. The number of urea groups is 1. The van der Waals surface area contributed by atoms with Gasteiger partial charge in [-0.1, -0.05) is 19.3 Å². The molecule has 1 spiro atoms. The Morgan fingerprint density at radius 3 is 2.56 bits per heavy atom. The molecule has 2 aliphatic rings. The zero-order chi connectivity index (χ0) is 17.9. The number of hydrogen-bond acceptors (Lipinski definition) is 6. The van der Waals surface area contributed by atoms with Crippen LogP contribution in [-0.4, -0.2) is 46.0 Å². The molecule has 0 unspecified atom stereocenters. The van der Waals surface area contributed by atoms with Crippen LogP contribution in [0.4, 0.5) is 4.79 Å². The van der Waals surface area contributed by atoms with Crippen molar-refractivity contribution in [3.63, 3.8) is 0 Å². The fraction of sp³-hybridized carbons (Fsp3) is 0.438. The SMILES string of the molecule is O=C(COC(=O)c1ccncc1)NN1C(=O)NC2(CCCCC2)C1=O. The lowest BCUT2D eigenvalue weighted by molar-refractivity contribution is -0.140. The zero-order valence-electron chi connectivity index (χ0n) is 13.5. The summed E-state index contributed by atoms with van der Waals surface area (Å²) < 4.78 is 4.86. The molecule has 9 nitrogen and oxygen atoms in total. The van der Waals surface area contributed by atoms with Crippen LogP contribution in [0.5, 0.6) is 0 Å². The van der Waals surface area contributed by atoms with Gasteiger partial charge in [0.15, 0.2) is 6.61 Å². The van der Waals surface area contributed by atoms with Crippen molar-refractivity contribution in [2.45, 2.75) is 37.6 Å². The highest BCUT2D eigenvalue weighted by atomic mass is 16.5. The van der Waals surface area contributed by atoms with E-state index in [1.165, 1.54) is 24.5 Å². The minimum Gasteiger partial charge on any atom is -0.452 e. The van der Waals surface area contributed by atoms with Crippen molar-refractivity contribution in [3.8, 4) is 0 Å². The molecule has 1 saturated heterocycles. The predicted molar refractivity (Wildman–Crippen MR) is 83.9 cm³/mol. The summed E-state index contributed by atoms with van der Waals surface area (Å²) in [4.78, 5) is 52.0. The van der Waals surface area contributed by atoms with E-state index in [0.29, 0.717) is 17.9 Å². The molecule has 0 bridgehead atoms. The number of amides is 4. The summed E-state index contributed by atoms with van der Waals surface area (Å²) in [5, 5.41) is 3.35. The number of hydrazine groups is 1. The highest BCUT2D eigenvalue weighted by molar-refractivity contribution is 6.08. The van der Waals surface area contributed by atoms with Gasteiger partial charge in [0.2, 0.25) is 0 Å². The van der Waals surface area contributed by atoms with Gasteiger partial charge in [0, 0.05) is 12.4 Å². The molecule has 4 amide bonds. The Morgan fingerprint density at radius 1 is 1.20 bits per heavy atom. The van der Waals surface area contributed by atoms with Gasteiger partial charge in [-0.25, -0.2) is 9.59 Å². The van der Waals surface area contributed by atoms with E-state index in [4.69, 9.17) is 4.74 Å². The van der Waals surface area contributed by atoms with Gasteiger partial charge < -0.3 is 10.1 Å². The number of hydrogen-bond donors (Lipinski definition) is 2. The van der Waals surface area contributed by atoms with E-state index in [1.807, 2.05) is 0 Å². The molecule has 1 aliphatic carbocycles. The number of esters is 1. The van der Waals surface area contributed by atoms with E-state index >= 15 is 0 Å². The van der Waals surface area contributed by atoms with Crippen molar-refractivity contribution in [3.05, 3.63) is 30.1 Å². The van der Waals surface area contributed by atoms with Crippen molar-refractivity contribution in [1.29, 1.82) is 0 Å². The van der Waals surface area contributed by atoms with Crippen LogP contribution in [0, 0.1) is 0 Å².